The lowest BCUT2D eigenvalue weighted by Crippen LogP contribution is -2.15. The second-order valence-electron chi connectivity index (χ2n) is 15.4. The van der Waals surface area contributed by atoms with Gasteiger partial charge in [-0.25, -0.2) is 0 Å². The topological polar surface area (TPSA) is 3.24 Å². The highest BCUT2D eigenvalue weighted by atomic mass is 32.1. The number of rotatable bonds is 5. The quantitative estimate of drug-likeness (QED) is 0.171. The summed E-state index contributed by atoms with van der Waals surface area (Å²) in [5, 5.41) is 7.80. The van der Waals surface area contributed by atoms with Crippen LogP contribution in [0.25, 0.3) is 75.1 Å². The molecule has 1 nitrogen and oxygen atoms in total. The standard InChI is InChI=1S/C53H37NS/c1-53(2)48-13-7-5-11-44(48)47-33-43(28-29-49(47)53)54(41-24-19-35(20-25-41)39-17-15-34-9-3-4-10-38(34)31-39)42-26-21-36(22-27-42)40-18-16-37-23-30-51-52(46(37)32-40)45-12-6-8-14-50(45)55-51/h3-33H,1-2H3. The Labute approximate surface area is 325 Å². The summed E-state index contributed by atoms with van der Waals surface area (Å²) in [5.74, 6) is 0. The number of thiophene rings is 1. The summed E-state index contributed by atoms with van der Waals surface area (Å²) in [6.45, 7) is 4.69. The van der Waals surface area contributed by atoms with E-state index in [0.717, 1.165) is 17.1 Å². The third-order valence-corrected chi connectivity index (χ3v) is 13.0. The van der Waals surface area contributed by atoms with Crippen molar-refractivity contribution in [1.82, 2.24) is 0 Å². The Morgan fingerprint density at radius 2 is 0.964 bits per heavy atom. The summed E-state index contributed by atoms with van der Waals surface area (Å²) < 4.78 is 2.67. The van der Waals surface area contributed by atoms with E-state index in [1.54, 1.807) is 0 Å². The maximum absolute atomic E-state index is 2.41. The normalized spacial score (nSPS) is 13.1. The van der Waals surface area contributed by atoms with E-state index in [1.807, 2.05) is 11.3 Å². The molecule has 0 radical (unpaired) electrons. The van der Waals surface area contributed by atoms with Crippen molar-refractivity contribution in [3.63, 3.8) is 0 Å². The van der Waals surface area contributed by atoms with Crippen LogP contribution in [0.1, 0.15) is 25.0 Å². The van der Waals surface area contributed by atoms with Crippen molar-refractivity contribution in [1.29, 1.82) is 0 Å². The monoisotopic (exact) mass is 719 g/mol. The minimum absolute atomic E-state index is 0.0425. The largest absolute Gasteiger partial charge is 0.310 e. The van der Waals surface area contributed by atoms with E-state index in [9.17, 15) is 0 Å². The van der Waals surface area contributed by atoms with Gasteiger partial charge in [0.05, 0.1) is 0 Å². The molecule has 0 bridgehead atoms. The highest BCUT2D eigenvalue weighted by Crippen LogP contribution is 2.51. The van der Waals surface area contributed by atoms with Crippen LogP contribution in [0.2, 0.25) is 0 Å². The number of hydrogen-bond acceptors (Lipinski definition) is 2. The molecule has 0 unspecified atom stereocenters. The summed E-state index contributed by atoms with van der Waals surface area (Å²) >= 11 is 1.88. The van der Waals surface area contributed by atoms with Crippen LogP contribution in [-0.4, -0.2) is 0 Å². The van der Waals surface area contributed by atoms with E-state index in [4.69, 9.17) is 0 Å². The SMILES string of the molecule is CC1(C)c2ccccc2-c2cc(N(c3ccc(-c4ccc5ccccc5c4)cc3)c3ccc(-c4ccc5ccc6sc7ccccc7c6c5c4)cc3)ccc21. The summed E-state index contributed by atoms with van der Waals surface area (Å²) in [7, 11) is 0. The number of anilines is 3. The zero-order valence-electron chi connectivity index (χ0n) is 30.8. The Morgan fingerprint density at radius 1 is 0.382 bits per heavy atom. The Balaban J connectivity index is 1.02. The molecule has 1 heterocycles. The molecule has 9 aromatic carbocycles. The van der Waals surface area contributed by atoms with E-state index < -0.39 is 0 Å². The highest BCUT2D eigenvalue weighted by Gasteiger charge is 2.35. The van der Waals surface area contributed by atoms with Crippen LogP contribution in [0, 0.1) is 0 Å². The fourth-order valence-electron chi connectivity index (χ4n) is 8.99. The zero-order valence-corrected chi connectivity index (χ0v) is 31.6. The van der Waals surface area contributed by atoms with Gasteiger partial charge in [0.15, 0.2) is 0 Å². The summed E-state index contributed by atoms with van der Waals surface area (Å²) in [6.07, 6.45) is 0. The maximum atomic E-state index is 2.41. The van der Waals surface area contributed by atoms with Gasteiger partial charge in [0.1, 0.15) is 0 Å². The zero-order chi connectivity index (χ0) is 36.7. The first kappa shape index (κ1) is 32.0. The van der Waals surface area contributed by atoms with Crippen LogP contribution in [0.4, 0.5) is 17.1 Å². The van der Waals surface area contributed by atoms with Crippen LogP contribution < -0.4 is 4.90 Å². The average molecular weight is 720 g/mol. The van der Waals surface area contributed by atoms with E-state index in [2.05, 4.69) is 207 Å². The fraction of sp³-hybridized carbons (Fsp3) is 0.0566. The van der Waals surface area contributed by atoms with Crippen molar-refractivity contribution >= 4 is 70.1 Å². The van der Waals surface area contributed by atoms with Gasteiger partial charge in [-0.1, -0.05) is 141 Å². The maximum Gasteiger partial charge on any atom is 0.0468 e. The van der Waals surface area contributed by atoms with Crippen LogP contribution in [0.5, 0.6) is 0 Å². The Hall–Kier alpha value is -6.48. The smallest absolute Gasteiger partial charge is 0.0468 e. The van der Waals surface area contributed by atoms with Crippen LogP contribution >= 0.6 is 11.3 Å². The summed E-state index contributed by atoms with van der Waals surface area (Å²) in [6, 6.07) is 69.7. The molecule has 260 valence electrons. The molecule has 0 saturated carbocycles. The lowest BCUT2D eigenvalue weighted by atomic mass is 9.82. The first-order chi connectivity index (χ1) is 27.0. The second kappa shape index (κ2) is 12.3. The van der Waals surface area contributed by atoms with Crippen molar-refractivity contribution in [3.05, 3.63) is 199 Å². The van der Waals surface area contributed by atoms with E-state index in [0.29, 0.717) is 0 Å². The van der Waals surface area contributed by atoms with E-state index in [1.165, 1.54) is 86.2 Å². The van der Waals surface area contributed by atoms with Crippen molar-refractivity contribution in [3.8, 4) is 33.4 Å². The molecule has 0 spiro atoms. The van der Waals surface area contributed by atoms with Crippen LogP contribution in [0.3, 0.4) is 0 Å². The predicted molar refractivity (Wildman–Crippen MR) is 237 cm³/mol. The molecule has 55 heavy (non-hydrogen) atoms. The minimum atomic E-state index is -0.0425. The van der Waals surface area contributed by atoms with Gasteiger partial charge in [0, 0.05) is 42.6 Å². The third kappa shape index (κ3) is 5.13. The molecular formula is C53H37NS. The molecule has 0 N–H and O–H groups in total. The first-order valence-electron chi connectivity index (χ1n) is 19.1. The van der Waals surface area contributed by atoms with Crippen LogP contribution in [0.15, 0.2) is 188 Å². The molecule has 0 saturated heterocycles. The van der Waals surface area contributed by atoms with Crippen LogP contribution in [-0.2, 0) is 5.41 Å². The van der Waals surface area contributed by atoms with Gasteiger partial charge in [-0.15, -0.1) is 11.3 Å². The van der Waals surface area contributed by atoms with E-state index in [-0.39, 0.29) is 5.41 Å². The van der Waals surface area contributed by atoms with Gasteiger partial charge in [-0.2, -0.15) is 0 Å². The van der Waals surface area contributed by atoms with Crippen molar-refractivity contribution < 1.29 is 0 Å². The molecular weight excluding hydrogens is 683 g/mol. The summed E-state index contributed by atoms with van der Waals surface area (Å²) in [4.78, 5) is 2.41. The molecule has 11 rings (SSSR count). The molecule has 10 aromatic rings. The average Bonchev–Trinajstić information content (AvgIpc) is 3.73. The van der Waals surface area contributed by atoms with Gasteiger partial charge in [0.25, 0.3) is 0 Å². The molecule has 0 aliphatic heterocycles. The molecule has 0 amide bonds. The molecule has 1 aliphatic carbocycles. The minimum Gasteiger partial charge on any atom is -0.310 e. The molecule has 0 fully saturated rings. The number of fused-ring (bicyclic) bond motifs is 9. The van der Waals surface area contributed by atoms with Crippen molar-refractivity contribution in [2.24, 2.45) is 0 Å². The van der Waals surface area contributed by atoms with Gasteiger partial charge in [-0.3, -0.25) is 0 Å². The first-order valence-corrected chi connectivity index (χ1v) is 19.9. The van der Waals surface area contributed by atoms with Crippen molar-refractivity contribution in [2.45, 2.75) is 19.3 Å². The second-order valence-corrected chi connectivity index (χ2v) is 16.4. The van der Waals surface area contributed by atoms with Gasteiger partial charge >= 0.3 is 0 Å². The van der Waals surface area contributed by atoms with Gasteiger partial charge < -0.3 is 4.90 Å². The van der Waals surface area contributed by atoms with Gasteiger partial charge in [0.2, 0.25) is 0 Å². The number of hydrogen-bond donors (Lipinski definition) is 0. The molecule has 1 aromatic heterocycles. The lowest BCUT2D eigenvalue weighted by Gasteiger charge is -2.27. The van der Waals surface area contributed by atoms with Gasteiger partial charge in [-0.05, 0) is 127 Å². The Morgan fingerprint density at radius 3 is 1.75 bits per heavy atom. The summed E-state index contributed by atoms with van der Waals surface area (Å²) in [5.41, 5.74) is 13.6. The Bertz CT molecular complexity index is 3110. The fourth-order valence-corrected chi connectivity index (χ4v) is 10.1. The number of nitrogens with zero attached hydrogens (tertiary/aromatic N) is 1. The molecule has 2 heteroatoms. The third-order valence-electron chi connectivity index (χ3n) is 11.9. The number of benzene rings is 9. The highest BCUT2D eigenvalue weighted by molar-refractivity contribution is 7.26. The lowest BCUT2D eigenvalue weighted by molar-refractivity contribution is 0.660. The van der Waals surface area contributed by atoms with E-state index >= 15 is 0 Å². The molecule has 1 aliphatic rings. The Kier molecular flexibility index (Phi) is 7.14. The predicted octanol–water partition coefficient (Wildman–Crippen LogP) is 15.5. The van der Waals surface area contributed by atoms with Crippen molar-refractivity contribution in [2.75, 3.05) is 4.90 Å². The molecule has 0 atom stereocenters.